The third-order valence-corrected chi connectivity index (χ3v) is 4.64. The monoisotopic (exact) mass is 319 g/mol. The predicted octanol–water partition coefficient (Wildman–Crippen LogP) is 3.25. The van der Waals surface area contributed by atoms with E-state index < -0.39 is 0 Å². The lowest BCUT2D eigenvalue weighted by Crippen LogP contribution is -2.33. The van der Waals surface area contributed by atoms with Crippen LogP contribution in [0.25, 0.3) is 10.2 Å². The van der Waals surface area contributed by atoms with E-state index in [4.69, 9.17) is 5.73 Å². The number of nitrogens with one attached hydrogen (secondary N) is 1. The van der Waals surface area contributed by atoms with Crippen LogP contribution in [0, 0.1) is 0 Å². The molecule has 2 rings (SSSR count). The number of amides is 1. The van der Waals surface area contributed by atoms with E-state index in [1.165, 1.54) is 4.70 Å². The van der Waals surface area contributed by atoms with Gasteiger partial charge >= 0.3 is 0 Å². The zero-order valence-electron chi connectivity index (χ0n) is 13.2. The van der Waals surface area contributed by atoms with Gasteiger partial charge in [-0.1, -0.05) is 25.0 Å². The normalized spacial score (nSPS) is 12.5. The Kier molecular flexibility index (Phi) is 6.80. The van der Waals surface area contributed by atoms with Crippen LogP contribution >= 0.6 is 11.3 Å². The van der Waals surface area contributed by atoms with Crippen molar-refractivity contribution in [3.05, 3.63) is 29.3 Å². The first-order chi connectivity index (χ1) is 10.7. The quantitative estimate of drug-likeness (QED) is 0.697. The molecule has 1 unspecified atom stereocenters. The Hall–Kier alpha value is -1.46. The first-order valence-electron chi connectivity index (χ1n) is 8.03. The summed E-state index contributed by atoms with van der Waals surface area (Å²) in [4.78, 5) is 16.5. The topological polar surface area (TPSA) is 68.0 Å². The van der Waals surface area contributed by atoms with Crippen molar-refractivity contribution < 1.29 is 4.79 Å². The summed E-state index contributed by atoms with van der Waals surface area (Å²) in [6, 6.07) is 8.26. The molecule has 4 nitrogen and oxygen atoms in total. The van der Waals surface area contributed by atoms with E-state index in [-0.39, 0.29) is 11.9 Å². The molecule has 1 amide bonds. The Labute approximate surface area is 136 Å². The molecule has 0 saturated carbocycles. The van der Waals surface area contributed by atoms with Crippen molar-refractivity contribution in [3.63, 3.8) is 0 Å². The van der Waals surface area contributed by atoms with Crippen molar-refractivity contribution >= 4 is 27.5 Å². The zero-order valence-corrected chi connectivity index (χ0v) is 14.0. The summed E-state index contributed by atoms with van der Waals surface area (Å²) in [6.45, 7) is 2.78. The smallest absolute Gasteiger partial charge is 0.220 e. The lowest BCUT2D eigenvalue weighted by atomic mass is 10.1. The number of unbranched alkanes of at least 4 members (excludes halogenated alkanes) is 3. The van der Waals surface area contributed by atoms with Gasteiger partial charge in [0.1, 0.15) is 0 Å². The van der Waals surface area contributed by atoms with E-state index >= 15 is 0 Å². The van der Waals surface area contributed by atoms with Gasteiger partial charge in [0.25, 0.3) is 0 Å². The van der Waals surface area contributed by atoms with E-state index in [1.54, 1.807) is 11.3 Å². The molecule has 0 aliphatic carbocycles. The van der Waals surface area contributed by atoms with Crippen molar-refractivity contribution in [1.82, 2.24) is 10.3 Å². The zero-order chi connectivity index (χ0) is 15.8. The highest BCUT2D eigenvalue weighted by atomic mass is 32.1. The van der Waals surface area contributed by atoms with Crippen molar-refractivity contribution in [3.8, 4) is 0 Å². The Morgan fingerprint density at radius 3 is 2.82 bits per heavy atom. The number of nitrogens with zero attached hydrogens (tertiary/aromatic N) is 1. The van der Waals surface area contributed by atoms with Crippen LogP contribution in [-0.2, 0) is 11.2 Å². The molecule has 22 heavy (non-hydrogen) atoms. The van der Waals surface area contributed by atoms with E-state index in [2.05, 4.69) is 16.4 Å². The molecular weight excluding hydrogens is 294 g/mol. The van der Waals surface area contributed by atoms with E-state index in [0.717, 1.165) is 49.2 Å². The van der Waals surface area contributed by atoms with Gasteiger partial charge < -0.3 is 11.1 Å². The number of hydrogen-bond acceptors (Lipinski definition) is 4. The van der Waals surface area contributed by atoms with Crippen LogP contribution in [0.4, 0.5) is 0 Å². The average molecular weight is 319 g/mol. The molecule has 5 heteroatoms. The lowest BCUT2D eigenvalue weighted by molar-refractivity contribution is -0.121. The molecule has 0 radical (unpaired) electrons. The second-order valence-corrected chi connectivity index (χ2v) is 6.82. The van der Waals surface area contributed by atoms with Crippen LogP contribution in [0.3, 0.4) is 0 Å². The molecule has 0 spiro atoms. The van der Waals surface area contributed by atoms with Crippen LogP contribution in [0.5, 0.6) is 0 Å². The summed E-state index contributed by atoms with van der Waals surface area (Å²) in [5.74, 6) is 0.140. The standard InChI is InChI=1S/C17H25N3OS/c1-13(19-16(21)10-4-2-3-7-11-18)12-17-20-14-8-5-6-9-15(14)22-17/h5-6,8-9,13H,2-4,7,10-12,18H2,1H3,(H,19,21). The van der Waals surface area contributed by atoms with Gasteiger partial charge in [-0.25, -0.2) is 4.98 Å². The fourth-order valence-corrected chi connectivity index (χ4v) is 3.55. The Morgan fingerprint density at radius 2 is 2.05 bits per heavy atom. The molecular formula is C17H25N3OS. The third kappa shape index (κ3) is 5.39. The molecule has 2 aromatic rings. The number of carbonyl (C=O) groups is 1. The van der Waals surface area contributed by atoms with Gasteiger partial charge in [0.05, 0.1) is 15.2 Å². The molecule has 1 atom stereocenters. The predicted molar refractivity (Wildman–Crippen MR) is 93.1 cm³/mol. The number of nitrogens with two attached hydrogens (primary N) is 1. The minimum Gasteiger partial charge on any atom is -0.353 e. The Bertz CT molecular complexity index is 563. The number of hydrogen-bond donors (Lipinski definition) is 2. The van der Waals surface area contributed by atoms with E-state index in [0.29, 0.717) is 6.42 Å². The maximum absolute atomic E-state index is 11.9. The van der Waals surface area contributed by atoms with Crippen LogP contribution in [0.15, 0.2) is 24.3 Å². The number of para-hydroxylation sites is 1. The fraction of sp³-hybridized carbons (Fsp3) is 0.529. The number of thiazole rings is 1. The number of carbonyl (C=O) groups excluding carboxylic acids is 1. The molecule has 0 aliphatic heterocycles. The minimum atomic E-state index is 0.122. The molecule has 1 aromatic heterocycles. The van der Waals surface area contributed by atoms with Gasteiger partial charge in [0, 0.05) is 18.9 Å². The summed E-state index contributed by atoms with van der Waals surface area (Å²) in [5.41, 5.74) is 6.50. The van der Waals surface area contributed by atoms with Crippen molar-refractivity contribution in [2.24, 2.45) is 5.73 Å². The second kappa shape index (κ2) is 8.86. The molecule has 0 fully saturated rings. The van der Waals surface area contributed by atoms with Gasteiger partial charge in [0.2, 0.25) is 5.91 Å². The molecule has 1 aromatic carbocycles. The van der Waals surface area contributed by atoms with Crippen molar-refractivity contribution in [2.75, 3.05) is 6.54 Å². The summed E-state index contributed by atoms with van der Waals surface area (Å²) in [5, 5.41) is 4.15. The first-order valence-corrected chi connectivity index (χ1v) is 8.84. The number of fused-ring (bicyclic) bond motifs is 1. The van der Waals surface area contributed by atoms with Crippen LogP contribution in [0.1, 0.15) is 44.0 Å². The molecule has 0 saturated heterocycles. The third-order valence-electron chi connectivity index (χ3n) is 3.58. The number of benzene rings is 1. The van der Waals surface area contributed by atoms with Gasteiger partial charge in [-0.3, -0.25) is 4.79 Å². The molecule has 1 heterocycles. The summed E-state index contributed by atoms with van der Waals surface area (Å²) in [6.07, 6.45) is 5.59. The molecule has 0 bridgehead atoms. The fourth-order valence-electron chi connectivity index (χ4n) is 2.45. The maximum Gasteiger partial charge on any atom is 0.220 e. The number of rotatable bonds is 9. The van der Waals surface area contributed by atoms with Crippen LogP contribution < -0.4 is 11.1 Å². The average Bonchev–Trinajstić information content (AvgIpc) is 2.88. The largest absolute Gasteiger partial charge is 0.353 e. The van der Waals surface area contributed by atoms with Crippen LogP contribution in [0.2, 0.25) is 0 Å². The second-order valence-electron chi connectivity index (χ2n) is 5.70. The Morgan fingerprint density at radius 1 is 1.27 bits per heavy atom. The highest BCUT2D eigenvalue weighted by molar-refractivity contribution is 7.18. The minimum absolute atomic E-state index is 0.122. The molecule has 3 N–H and O–H groups in total. The maximum atomic E-state index is 11.9. The van der Waals surface area contributed by atoms with Crippen molar-refractivity contribution in [1.29, 1.82) is 0 Å². The van der Waals surface area contributed by atoms with E-state index in [1.807, 2.05) is 25.1 Å². The summed E-state index contributed by atoms with van der Waals surface area (Å²) >= 11 is 1.71. The molecule has 0 aliphatic rings. The van der Waals surface area contributed by atoms with E-state index in [9.17, 15) is 4.79 Å². The van der Waals surface area contributed by atoms with Gasteiger partial charge in [-0.05, 0) is 38.4 Å². The highest BCUT2D eigenvalue weighted by Crippen LogP contribution is 2.22. The SMILES string of the molecule is CC(Cc1nc2ccccc2s1)NC(=O)CCCCCCN. The highest BCUT2D eigenvalue weighted by Gasteiger charge is 2.11. The first kappa shape index (κ1) is 16.9. The summed E-state index contributed by atoms with van der Waals surface area (Å²) < 4.78 is 1.20. The van der Waals surface area contributed by atoms with Gasteiger partial charge in [-0.2, -0.15) is 0 Å². The van der Waals surface area contributed by atoms with Gasteiger partial charge in [0.15, 0.2) is 0 Å². The van der Waals surface area contributed by atoms with Gasteiger partial charge in [-0.15, -0.1) is 11.3 Å². The number of aromatic nitrogens is 1. The lowest BCUT2D eigenvalue weighted by Gasteiger charge is -2.12. The molecule has 120 valence electrons. The van der Waals surface area contributed by atoms with Crippen molar-refractivity contribution in [2.45, 2.75) is 51.5 Å². The van der Waals surface area contributed by atoms with Crippen LogP contribution in [-0.4, -0.2) is 23.5 Å². The summed E-state index contributed by atoms with van der Waals surface area (Å²) in [7, 11) is 0. The Balaban J connectivity index is 1.72.